The predicted octanol–water partition coefficient (Wildman–Crippen LogP) is 1.58. The number of carbonyl (C=O) groups excluding carboxylic acids is 2. The number of nitrogens with zero attached hydrogens (tertiary/aromatic N) is 2. The van der Waals surface area contributed by atoms with Crippen LogP contribution < -0.4 is 10.6 Å². The third-order valence-corrected chi connectivity index (χ3v) is 4.22. The molecule has 0 spiro atoms. The van der Waals surface area contributed by atoms with Gasteiger partial charge in [0, 0.05) is 31.6 Å². The number of hydrogen-bond donors (Lipinski definition) is 2. The minimum Gasteiger partial charge on any atom is -0.335 e. The van der Waals surface area contributed by atoms with E-state index in [1.165, 1.54) is 18.2 Å². The number of rotatable bonds is 3. The molecule has 1 aliphatic heterocycles. The van der Waals surface area contributed by atoms with E-state index in [9.17, 15) is 14.0 Å². The molecule has 2 N–H and O–H groups in total. The van der Waals surface area contributed by atoms with Gasteiger partial charge in [0.05, 0.1) is 5.56 Å². The van der Waals surface area contributed by atoms with Crippen molar-refractivity contribution in [3.63, 3.8) is 0 Å². The van der Waals surface area contributed by atoms with Gasteiger partial charge in [0.1, 0.15) is 11.5 Å². The van der Waals surface area contributed by atoms with Crippen LogP contribution in [0.1, 0.15) is 20.8 Å². The van der Waals surface area contributed by atoms with Crippen LogP contribution in [0.3, 0.4) is 0 Å². The molecule has 1 aromatic heterocycles. The normalized spacial score (nSPS) is 14.6. The van der Waals surface area contributed by atoms with Gasteiger partial charge in [0.25, 0.3) is 11.8 Å². The van der Waals surface area contributed by atoms with Gasteiger partial charge in [-0.2, -0.15) is 0 Å². The van der Waals surface area contributed by atoms with Crippen LogP contribution >= 0.6 is 11.3 Å². The molecule has 2 amide bonds. The summed E-state index contributed by atoms with van der Waals surface area (Å²) in [7, 11) is 0. The van der Waals surface area contributed by atoms with Crippen LogP contribution in [0.4, 0.5) is 9.52 Å². The summed E-state index contributed by atoms with van der Waals surface area (Å²) in [6.45, 7) is 2.78. The van der Waals surface area contributed by atoms with Crippen molar-refractivity contribution >= 4 is 28.3 Å². The molecule has 3 rings (SSSR count). The molecule has 0 radical (unpaired) electrons. The Labute approximate surface area is 136 Å². The highest BCUT2D eigenvalue weighted by atomic mass is 32.1. The average Bonchev–Trinajstić information content (AvgIpc) is 3.03. The molecule has 0 aliphatic carbocycles. The van der Waals surface area contributed by atoms with E-state index >= 15 is 0 Å². The SMILES string of the molecule is O=C(Nc1nc(C(=O)N2CCNCC2)cs1)c1ccccc1F. The molecule has 0 saturated carbocycles. The van der Waals surface area contributed by atoms with Gasteiger partial charge in [0.15, 0.2) is 5.13 Å². The Morgan fingerprint density at radius 3 is 2.74 bits per heavy atom. The van der Waals surface area contributed by atoms with E-state index < -0.39 is 11.7 Å². The molecular weight excluding hydrogens is 319 g/mol. The molecule has 0 bridgehead atoms. The standard InChI is InChI=1S/C15H15FN4O2S/c16-11-4-2-1-3-10(11)13(21)19-15-18-12(9-23-15)14(22)20-7-5-17-6-8-20/h1-4,9,17H,5-8H2,(H,18,19,21). The maximum absolute atomic E-state index is 13.6. The van der Waals surface area contributed by atoms with Gasteiger partial charge in [0.2, 0.25) is 0 Å². The molecule has 6 nitrogen and oxygen atoms in total. The molecule has 1 aliphatic rings. The number of halogens is 1. The number of thiazole rings is 1. The minimum absolute atomic E-state index is 0.0577. The largest absolute Gasteiger partial charge is 0.335 e. The number of piperazine rings is 1. The molecule has 2 aromatic rings. The summed E-state index contributed by atoms with van der Waals surface area (Å²) in [5, 5.41) is 7.57. The highest BCUT2D eigenvalue weighted by molar-refractivity contribution is 7.14. The second-order valence-electron chi connectivity index (χ2n) is 5.01. The van der Waals surface area contributed by atoms with Crippen molar-refractivity contribution in [3.8, 4) is 0 Å². The summed E-state index contributed by atoms with van der Waals surface area (Å²) in [6, 6.07) is 5.71. The van der Waals surface area contributed by atoms with Crippen molar-refractivity contribution in [1.29, 1.82) is 0 Å². The zero-order chi connectivity index (χ0) is 16.2. The van der Waals surface area contributed by atoms with Crippen molar-refractivity contribution in [2.45, 2.75) is 0 Å². The van der Waals surface area contributed by atoms with Crippen LogP contribution in [0.2, 0.25) is 0 Å². The fourth-order valence-corrected chi connectivity index (χ4v) is 2.95. The first-order valence-electron chi connectivity index (χ1n) is 7.16. The van der Waals surface area contributed by atoms with E-state index in [4.69, 9.17) is 0 Å². The van der Waals surface area contributed by atoms with Crippen molar-refractivity contribution < 1.29 is 14.0 Å². The van der Waals surface area contributed by atoms with Gasteiger partial charge in [-0.25, -0.2) is 9.37 Å². The number of aromatic nitrogens is 1. The van der Waals surface area contributed by atoms with Gasteiger partial charge in [-0.1, -0.05) is 12.1 Å². The van der Waals surface area contributed by atoms with Crippen molar-refractivity contribution in [2.24, 2.45) is 0 Å². The van der Waals surface area contributed by atoms with Gasteiger partial charge < -0.3 is 10.2 Å². The Kier molecular flexibility index (Phi) is 4.63. The molecule has 0 atom stereocenters. The Morgan fingerprint density at radius 1 is 1.26 bits per heavy atom. The third kappa shape index (κ3) is 3.54. The second-order valence-corrected chi connectivity index (χ2v) is 5.87. The Bertz CT molecular complexity index is 728. The van der Waals surface area contributed by atoms with Crippen LogP contribution in [0, 0.1) is 5.82 Å². The van der Waals surface area contributed by atoms with Crippen LogP contribution in [0.5, 0.6) is 0 Å². The number of amides is 2. The molecule has 1 saturated heterocycles. The van der Waals surface area contributed by atoms with Gasteiger partial charge in [-0.05, 0) is 12.1 Å². The summed E-state index contributed by atoms with van der Waals surface area (Å²) in [6.07, 6.45) is 0. The lowest BCUT2D eigenvalue weighted by molar-refractivity contribution is 0.0730. The van der Waals surface area contributed by atoms with Crippen molar-refractivity contribution in [3.05, 3.63) is 46.7 Å². The zero-order valence-electron chi connectivity index (χ0n) is 12.2. The molecule has 2 heterocycles. The lowest BCUT2D eigenvalue weighted by Gasteiger charge is -2.26. The third-order valence-electron chi connectivity index (χ3n) is 3.47. The summed E-state index contributed by atoms with van der Waals surface area (Å²) in [5.74, 6) is -1.34. The number of hydrogen-bond acceptors (Lipinski definition) is 5. The van der Waals surface area contributed by atoms with Crippen LogP contribution in [0.25, 0.3) is 0 Å². The molecule has 1 aromatic carbocycles. The van der Waals surface area contributed by atoms with E-state index in [1.54, 1.807) is 16.3 Å². The van der Waals surface area contributed by atoms with E-state index in [0.29, 0.717) is 18.8 Å². The van der Waals surface area contributed by atoms with Gasteiger partial charge in [-0.15, -0.1) is 11.3 Å². The van der Waals surface area contributed by atoms with Crippen LogP contribution in [-0.2, 0) is 0 Å². The topological polar surface area (TPSA) is 74.3 Å². The van der Waals surface area contributed by atoms with Crippen LogP contribution in [-0.4, -0.2) is 47.9 Å². The first kappa shape index (κ1) is 15.6. The second kappa shape index (κ2) is 6.84. The first-order valence-corrected chi connectivity index (χ1v) is 8.04. The van der Waals surface area contributed by atoms with Gasteiger partial charge >= 0.3 is 0 Å². The monoisotopic (exact) mass is 334 g/mol. The first-order chi connectivity index (χ1) is 11.1. The Morgan fingerprint density at radius 2 is 2.00 bits per heavy atom. The molecule has 1 fully saturated rings. The van der Waals surface area contributed by atoms with Crippen molar-refractivity contribution in [1.82, 2.24) is 15.2 Å². The van der Waals surface area contributed by atoms with Crippen LogP contribution in [0.15, 0.2) is 29.6 Å². The number of benzene rings is 1. The number of carbonyl (C=O) groups is 2. The molecular formula is C15H15FN4O2S. The van der Waals surface area contributed by atoms with E-state index in [-0.39, 0.29) is 16.6 Å². The summed E-state index contributed by atoms with van der Waals surface area (Å²) in [4.78, 5) is 30.2. The van der Waals surface area contributed by atoms with E-state index in [2.05, 4.69) is 15.6 Å². The fraction of sp³-hybridized carbons (Fsp3) is 0.267. The number of anilines is 1. The lowest BCUT2D eigenvalue weighted by Crippen LogP contribution is -2.46. The maximum Gasteiger partial charge on any atom is 0.273 e. The quantitative estimate of drug-likeness (QED) is 0.894. The smallest absolute Gasteiger partial charge is 0.273 e. The maximum atomic E-state index is 13.6. The highest BCUT2D eigenvalue weighted by Crippen LogP contribution is 2.18. The van der Waals surface area contributed by atoms with E-state index in [1.807, 2.05) is 0 Å². The minimum atomic E-state index is -0.598. The lowest BCUT2D eigenvalue weighted by atomic mass is 10.2. The zero-order valence-corrected chi connectivity index (χ0v) is 13.0. The number of nitrogens with one attached hydrogen (secondary N) is 2. The molecule has 120 valence electrons. The van der Waals surface area contributed by atoms with Crippen molar-refractivity contribution in [2.75, 3.05) is 31.5 Å². The summed E-state index contributed by atoms with van der Waals surface area (Å²) >= 11 is 1.14. The highest BCUT2D eigenvalue weighted by Gasteiger charge is 2.21. The summed E-state index contributed by atoms with van der Waals surface area (Å²) < 4.78 is 13.6. The molecule has 23 heavy (non-hydrogen) atoms. The molecule has 0 unspecified atom stereocenters. The Hall–Kier alpha value is -2.32. The predicted molar refractivity (Wildman–Crippen MR) is 85.2 cm³/mol. The van der Waals surface area contributed by atoms with Gasteiger partial charge in [-0.3, -0.25) is 14.9 Å². The average molecular weight is 334 g/mol. The summed E-state index contributed by atoms with van der Waals surface area (Å²) in [5.41, 5.74) is 0.235. The molecule has 8 heteroatoms. The van der Waals surface area contributed by atoms with E-state index in [0.717, 1.165) is 24.4 Å². The Balaban J connectivity index is 1.68. The fourth-order valence-electron chi connectivity index (χ4n) is 2.27.